The molecule has 0 aliphatic carbocycles. The number of ether oxygens (including phenoxy) is 1. The maximum absolute atomic E-state index is 13.4. The molecular formula is C24H20ClN3O3S. The zero-order valence-electron chi connectivity index (χ0n) is 17.4. The van der Waals surface area contributed by atoms with Gasteiger partial charge in [-0.05, 0) is 42.8 Å². The van der Waals surface area contributed by atoms with Gasteiger partial charge in [-0.2, -0.15) is 5.26 Å². The largest absolute Gasteiger partial charge is 0.378 e. The topological polar surface area (TPSA) is 75.3 Å². The molecule has 6 nitrogen and oxygen atoms in total. The Morgan fingerprint density at radius 2 is 1.78 bits per heavy atom. The Balaban J connectivity index is 1.97. The van der Waals surface area contributed by atoms with Crippen LogP contribution >= 0.6 is 22.9 Å². The van der Waals surface area contributed by atoms with Gasteiger partial charge in [-0.3, -0.25) is 14.2 Å². The average molecular weight is 466 g/mol. The highest BCUT2D eigenvalue weighted by molar-refractivity contribution is 7.07. The first-order chi connectivity index (χ1) is 15.5. The first-order valence-electron chi connectivity index (χ1n) is 10.1. The van der Waals surface area contributed by atoms with Crippen molar-refractivity contribution < 1.29 is 9.53 Å². The third kappa shape index (κ3) is 4.53. The van der Waals surface area contributed by atoms with Crippen LogP contribution in [0.4, 0.5) is 0 Å². The van der Waals surface area contributed by atoms with Crippen LogP contribution < -0.4 is 14.8 Å². The molecule has 1 saturated heterocycles. The molecule has 4 rings (SSSR count). The van der Waals surface area contributed by atoms with Crippen LogP contribution in [0.5, 0.6) is 0 Å². The molecule has 0 atom stereocenters. The summed E-state index contributed by atoms with van der Waals surface area (Å²) >= 11 is 7.16. The summed E-state index contributed by atoms with van der Waals surface area (Å²) in [6, 6.07) is 16.6. The SMILES string of the molecule is Cc1ccc(/C=c2\s/c(=C(/C#N)C(=O)N3CCOCC3)n(-c3ccc(Cl)cc3)c2=O)cc1. The highest BCUT2D eigenvalue weighted by atomic mass is 35.5. The number of rotatable bonds is 3. The van der Waals surface area contributed by atoms with Crippen molar-refractivity contribution in [2.75, 3.05) is 26.3 Å². The number of amides is 1. The first kappa shape index (κ1) is 22.0. The van der Waals surface area contributed by atoms with Crippen molar-refractivity contribution in [1.82, 2.24) is 9.47 Å². The molecule has 1 aliphatic heterocycles. The monoisotopic (exact) mass is 465 g/mol. The molecule has 3 aromatic rings. The number of morpholine rings is 1. The maximum atomic E-state index is 13.4. The van der Waals surface area contributed by atoms with E-state index < -0.39 is 5.91 Å². The molecule has 1 aliphatic rings. The van der Waals surface area contributed by atoms with Crippen LogP contribution in [0.1, 0.15) is 11.1 Å². The summed E-state index contributed by atoms with van der Waals surface area (Å²) in [5.74, 6) is -0.401. The van der Waals surface area contributed by atoms with E-state index in [1.165, 1.54) is 4.57 Å². The molecular weight excluding hydrogens is 446 g/mol. The number of halogens is 1. The van der Waals surface area contributed by atoms with Crippen LogP contribution in [0.15, 0.2) is 53.3 Å². The molecule has 2 aromatic carbocycles. The van der Waals surface area contributed by atoms with Crippen LogP contribution in [0, 0.1) is 18.3 Å². The number of aromatic nitrogens is 1. The molecule has 32 heavy (non-hydrogen) atoms. The second kappa shape index (κ2) is 9.53. The average Bonchev–Trinajstić information content (AvgIpc) is 3.12. The van der Waals surface area contributed by atoms with Gasteiger partial charge in [0, 0.05) is 18.1 Å². The standard InChI is InChI=1S/C24H20ClN3O3S/c1-16-2-4-17(5-3-16)14-21-23(30)28(19-8-6-18(25)7-9-19)24(32-21)20(15-26)22(29)27-10-12-31-13-11-27/h2-9,14H,10-13H2,1H3/b21-14-,24-20-. The summed E-state index contributed by atoms with van der Waals surface area (Å²) < 4.78 is 7.46. The number of aryl methyl sites for hydroxylation is 1. The number of nitrogens with zero attached hydrogens (tertiary/aromatic N) is 3. The van der Waals surface area contributed by atoms with Gasteiger partial charge in [0.15, 0.2) is 5.57 Å². The van der Waals surface area contributed by atoms with Gasteiger partial charge in [-0.25, -0.2) is 0 Å². The van der Waals surface area contributed by atoms with Crippen LogP contribution in [-0.4, -0.2) is 41.7 Å². The molecule has 0 bridgehead atoms. The molecule has 0 N–H and O–H groups in total. The number of thiazole rings is 1. The molecule has 0 spiro atoms. The minimum absolute atomic E-state index is 0.0625. The van der Waals surface area contributed by atoms with Gasteiger partial charge in [0.1, 0.15) is 10.7 Å². The van der Waals surface area contributed by atoms with Crippen molar-refractivity contribution in [3.05, 3.63) is 84.2 Å². The van der Waals surface area contributed by atoms with Crippen molar-refractivity contribution in [1.29, 1.82) is 5.26 Å². The molecule has 1 amide bonds. The zero-order chi connectivity index (χ0) is 22.7. The fourth-order valence-electron chi connectivity index (χ4n) is 3.40. The van der Waals surface area contributed by atoms with Crippen LogP contribution in [0.2, 0.25) is 5.02 Å². The van der Waals surface area contributed by atoms with Gasteiger partial charge in [0.05, 0.1) is 23.4 Å². The van der Waals surface area contributed by atoms with Crippen molar-refractivity contribution in [3.8, 4) is 11.8 Å². The predicted molar refractivity (Wildman–Crippen MR) is 125 cm³/mol. The lowest BCUT2D eigenvalue weighted by Gasteiger charge is -2.26. The first-order valence-corrected chi connectivity index (χ1v) is 11.2. The van der Waals surface area contributed by atoms with E-state index in [0.717, 1.165) is 22.5 Å². The van der Waals surface area contributed by atoms with Crippen molar-refractivity contribution in [3.63, 3.8) is 0 Å². The molecule has 0 radical (unpaired) electrons. The predicted octanol–water partition coefficient (Wildman–Crippen LogP) is 2.22. The minimum Gasteiger partial charge on any atom is -0.378 e. The minimum atomic E-state index is -0.401. The molecule has 2 heterocycles. The summed E-state index contributed by atoms with van der Waals surface area (Å²) in [5, 5.41) is 10.4. The zero-order valence-corrected chi connectivity index (χ0v) is 18.9. The number of hydrogen-bond donors (Lipinski definition) is 0. The molecule has 1 aromatic heterocycles. The van der Waals surface area contributed by atoms with E-state index in [0.29, 0.717) is 46.2 Å². The van der Waals surface area contributed by atoms with E-state index in [-0.39, 0.29) is 11.1 Å². The van der Waals surface area contributed by atoms with E-state index >= 15 is 0 Å². The number of carbonyl (C=O) groups excluding carboxylic acids is 1. The summed E-state index contributed by atoms with van der Waals surface area (Å²) in [5.41, 5.74) is 2.16. The fourth-order valence-corrected chi connectivity index (χ4v) is 4.62. The summed E-state index contributed by atoms with van der Waals surface area (Å²) in [7, 11) is 0. The van der Waals surface area contributed by atoms with E-state index in [2.05, 4.69) is 0 Å². The third-order valence-electron chi connectivity index (χ3n) is 5.12. The normalized spacial score (nSPS) is 15.4. The number of nitriles is 1. The number of carbonyl (C=O) groups is 1. The van der Waals surface area contributed by atoms with E-state index in [9.17, 15) is 14.9 Å². The Hall–Kier alpha value is -3.18. The number of hydrogen-bond acceptors (Lipinski definition) is 5. The maximum Gasteiger partial charge on any atom is 0.273 e. The van der Waals surface area contributed by atoms with E-state index in [4.69, 9.17) is 16.3 Å². The second-order valence-electron chi connectivity index (χ2n) is 7.33. The Kier molecular flexibility index (Phi) is 6.56. The molecule has 8 heteroatoms. The Labute approximate surface area is 193 Å². The molecule has 1 fully saturated rings. The summed E-state index contributed by atoms with van der Waals surface area (Å²) in [6.07, 6.45) is 1.77. The van der Waals surface area contributed by atoms with Gasteiger partial charge in [-0.15, -0.1) is 11.3 Å². The van der Waals surface area contributed by atoms with Crippen LogP contribution in [0.3, 0.4) is 0 Å². The smallest absolute Gasteiger partial charge is 0.273 e. The van der Waals surface area contributed by atoms with E-state index in [1.807, 2.05) is 37.3 Å². The summed E-state index contributed by atoms with van der Waals surface area (Å²) in [6.45, 7) is 3.65. The van der Waals surface area contributed by atoms with Crippen molar-refractivity contribution in [2.45, 2.75) is 6.92 Å². The lowest BCUT2D eigenvalue weighted by Crippen LogP contribution is -2.42. The molecule has 0 saturated carbocycles. The number of benzene rings is 2. The third-order valence-corrected chi connectivity index (χ3v) is 6.47. The fraction of sp³-hybridized carbons (Fsp3) is 0.208. The van der Waals surface area contributed by atoms with Gasteiger partial charge in [-0.1, -0.05) is 41.4 Å². The van der Waals surface area contributed by atoms with Crippen LogP contribution in [0.25, 0.3) is 17.3 Å². The van der Waals surface area contributed by atoms with Gasteiger partial charge in [0.25, 0.3) is 11.5 Å². The van der Waals surface area contributed by atoms with Crippen molar-refractivity contribution >= 4 is 40.5 Å². The Morgan fingerprint density at radius 1 is 1.12 bits per heavy atom. The van der Waals surface area contributed by atoms with Crippen molar-refractivity contribution in [2.24, 2.45) is 0 Å². The highest BCUT2D eigenvalue weighted by Crippen LogP contribution is 2.12. The van der Waals surface area contributed by atoms with Crippen LogP contribution in [-0.2, 0) is 9.53 Å². The Bertz CT molecular complexity index is 1360. The van der Waals surface area contributed by atoms with Gasteiger partial charge in [0.2, 0.25) is 0 Å². The highest BCUT2D eigenvalue weighted by Gasteiger charge is 2.24. The quantitative estimate of drug-likeness (QED) is 0.594. The second-order valence-corrected chi connectivity index (χ2v) is 8.80. The van der Waals surface area contributed by atoms with E-state index in [1.54, 1.807) is 35.2 Å². The lowest BCUT2D eigenvalue weighted by molar-refractivity contribution is -0.128. The molecule has 0 unspecified atom stereocenters. The Morgan fingerprint density at radius 3 is 2.41 bits per heavy atom. The lowest BCUT2D eigenvalue weighted by atomic mass is 10.1. The molecule has 162 valence electrons. The van der Waals surface area contributed by atoms with Gasteiger partial charge >= 0.3 is 0 Å². The van der Waals surface area contributed by atoms with Gasteiger partial charge < -0.3 is 9.64 Å². The summed E-state index contributed by atoms with van der Waals surface area (Å²) in [4.78, 5) is 28.1.